The van der Waals surface area contributed by atoms with E-state index in [0.29, 0.717) is 0 Å². The van der Waals surface area contributed by atoms with Crippen molar-refractivity contribution in [1.29, 1.82) is 0 Å². The van der Waals surface area contributed by atoms with Gasteiger partial charge >= 0.3 is 6.01 Å². The van der Waals surface area contributed by atoms with Gasteiger partial charge in [0.05, 0.1) is 0 Å². The highest BCUT2D eigenvalue weighted by molar-refractivity contribution is 5.25. The van der Waals surface area contributed by atoms with Gasteiger partial charge in [0.2, 0.25) is 5.95 Å². The van der Waals surface area contributed by atoms with Crippen molar-refractivity contribution in [2.75, 3.05) is 5.73 Å². The summed E-state index contributed by atoms with van der Waals surface area (Å²) in [5, 5.41) is 3.95. The maximum atomic E-state index is 5.72. The van der Waals surface area contributed by atoms with Gasteiger partial charge in [-0.25, -0.2) is 4.98 Å². The van der Waals surface area contributed by atoms with Crippen LogP contribution in [-0.2, 0) is 0 Å². The van der Waals surface area contributed by atoms with Crippen molar-refractivity contribution in [3.8, 4) is 12.0 Å². The largest absolute Gasteiger partial charge is 0.455 e. The first-order valence-electron chi connectivity index (χ1n) is 6.30. The van der Waals surface area contributed by atoms with Crippen LogP contribution in [0.25, 0.3) is 5.95 Å². The lowest BCUT2D eigenvalue weighted by Gasteiger charge is -2.13. The molecule has 0 aliphatic carbocycles. The van der Waals surface area contributed by atoms with Gasteiger partial charge in [0.15, 0.2) is 0 Å². The molecular weight excluding hydrogens is 270 g/mol. The van der Waals surface area contributed by atoms with Crippen molar-refractivity contribution in [2.45, 2.75) is 13.0 Å². The Kier molecular flexibility index (Phi) is 3.42. The van der Waals surface area contributed by atoms with Gasteiger partial charge in [-0.15, -0.1) is 0 Å². The SMILES string of the molecule is CC(Oc1nc(N)nc(-n2cncn2)n1)c1ccccc1. The molecule has 3 rings (SSSR count). The first kappa shape index (κ1) is 13.0. The molecule has 0 aliphatic heterocycles. The molecule has 21 heavy (non-hydrogen) atoms. The minimum atomic E-state index is -0.211. The highest BCUT2D eigenvalue weighted by Gasteiger charge is 2.12. The second kappa shape index (κ2) is 5.53. The molecule has 0 amide bonds. The van der Waals surface area contributed by atoms with Gasteiger partial charge in [0.25, 0.3) is 5.95 Å². The van der Waals surface area contributed by atoms with Crippen LogP contribution < -0.4 is 10.5 Å². The number of ether oxygens (including phenoxy) is 1. The van der Waals surface area contributed by atoms with Gasteiger partial charge in [-0.1, -0.05) is 30.3 Å². The molecular formula is C13H13N7O. The fourth-order valence-corrected chi connectivity index (χ4v) is 1.78. The Balaban J connectivity index is 1.86. The maximum Gasteiger partial charge on any atom is 0.323 e. The van der Waals surface area contributed by atoms with Crippen molar-refractivity contribution in [1.82, 2.24) is 29.7 Å². The topological polar surface area (TPSA) is 105 Å². The van der Waals surface area contributed by atoms with Gasteiger partial charge in [0, 0.05) is 0 Å². The lowest BCUT2D eigenvalue weighted by atomic mass is 10.1. The standard InChI is InChI=1S/C13H13N7O/c1-9(10-5-3-2-4-6-10)21-13-18-11(14)17-12(19-13)20-8-15-7-16-20/h2-9H,1H3,(H2,14,17,18,19). The fourth-order valence-electron chi connectivity index (χ4n) is 1.78. The van der Waals surface area contributed by atoms with Crippen LogP contribution in [0.15, 0.2) is 43.0 Å². The molecule has 2 heterocycles. The van der Waals surface area contributed by atoms with E-state index >= 15 is 0 Å². The van der Waals surface area contributed by atoms with Crippen molar-refractivity contribution in [3.05, 3.63) is 48.5 Å². The van der Waals surface area contributed by atoms with Crippen LogP contribution in [0.2, 0.25) is 0 Å². The highest BCUT2D eigenvalue weighted by Crippen LogP contribution is 2.19. The Bertz CT molecular complexity index is 715. The Morgan fingerprint density at radius 3 is 2.67 bits per heavy atom. The van der Waals surface area contributed by atoms with Crippen LogP contribution in [0.4, 0.5) is 5.95 Å². The van der Waals surface area contributed by atoms with Gasteiger partial charge in [-0.05, 0) is 12.5 Å². The van der Waals surface area contributed by atoms with Gasteiger partial charge < -0.3 is 10.5 Å². The van der Waals surface area contributed by atoms with Crippen LogP contribution >= 0.6 is 0 Å². The number of benzene rings is 1. The van der Waals surface area contributed by atoms with E-state index in [-0.39, 0.29) is 24.0 Å². The maximum absolute atomic E-state index is 5.72. The summed E-state index contributed by atoms with van der Waals surface area (Å²) >= 11 is 0. The van der Waals surface area contributed by atoms with E-state index in [9.17, 15) is 0 Å². The number of nitrogens with two attached hydrogens (primary N) is 1. The average Bonchev–Trinajstić information content (AvgIpc) is 3.02. The van der Waals surface area contributed by atoms with Crippen LogP contribution in [0.5, 0.6) is 6.01 Å². The first-order chi connectivity index (χ1) is 10.2. The van der Waals surface area contributed by atoms with E-state index in [1.165, 1.54) is 17.3 Å². The summed E-state index contributed by atoms with van der Waals surface area (Å²) in [7, 11) is 0. The molecule has 8 nitrogen and oxygen atoms in total. The van der Waals surface area contributed by atoms with Crippen LogP contribution in [-0.4, -0.2) is 29.7 Å². The molecule has 1 atom stereocenters. The third kappa shape index (κ3) is 2.94. The van der Waals surface area contributed by atoms with Gasteiger partial charge in [0.1, 0.15) is 18.8 Å². The lowest BCUT2D eigenvalue weighted by molar-refractivity contribution is 0.207. The van der Waals surface area contributed by atoms with E-state index in [1.807, 2.05) is 37.3 Å². The first-order valence-corrected chi connectivity index (χ1v) is 6.30. The fraction of sp³-hybridized carbons (Fsp3) is 0.154. The molecule has 0 spiro atoms. The molecule has 1 unspecified atom stereocenters. The summed E-state index contributed by atoms with van der Waals surface area (Å²) in [6, 6.07) is 9.90. The monoisotopic (exact) mass is 283 g/mol. The second-order valence-electron chi connectivity index (χ2n) is 4.29. The van der Waals surface area contributed by atoms with E-state index in [2.05, 4.69) is 25.0 Å². The number of hydrogen-bond acceptors (Lipinski definition) is 7. The molecule has 0 aliphatic rings. The zero-order valence-corrected chi connectivity index (χ0v) is 11.3. The van der Waals surface area contributed by atoms with Crippen LogP contribution in [0.3, 0.4) is 0 Å². The summed E-state index contributed by atoms with van der Waals surface area (Å²) in [5.74, 6) is 0.320. The lowest BCUT2D eigenvalue weighted by Crippen LogP contribution is -2.11. The van der Waals surface area contributed by atoms with Crippen molar-refractivity contribution < 1.29 is 4.74 Å². The number of nitrogen functional groups attached to an aromatic ring is 1. The highest BCUT2D eigenvalue weighted by atomic mass is 16.5. The predicted octanol–water partition coefficient (Wildman–Crippen LogP) is 1.17. The second-order valence-corrected chi connectivity index (χ2v) is 4.29. The summed E-state index contributed by atoms with van der Waals surface area (Å²) in [5.41, 5.74) is 6.69. The summed E-state index contributed by atoms with van der Waals surface area (Å²) in [6.45, 7) is 1.91. The zero-order valence-electron chi connectivity index (χ0n) is 11.3. The molecule has 0 saturated carbocycles. The normalized spacial score (nSPS) is 12.0. The third-order valence-electron chi connectivity index (χ3n) is 2.80. The van der Waals surface area contributed by atoms with Crippen LogP contribution in [0.1, 0.15) is 18.6 Å². The Labute approximate surface area is 120 Å². The number of aromatic nitrogens is 6. The number of anilines is 1. The smallest absolute Gasteiger partial charge is 0.323 e. The molecule has 106 valence electrons. The van der Waals surface area contributed by atoms with Crippen LogP contribution in [0, 0.1) is 0 Å². The summed E-state index contributed by atoms with van der Waals surface area (Å²) < 4.78 is 7.10. The molecule has 0 saturated heterocycles. The van der Waals surface area contributed by atoms with Gasteiger partial charge in [-0.3, -0.25) is 0 Å². The molecule has 0 fully saturated rings. The van der Waals surface area contributed by atoms with Crippen molar-refractivity contribution in [3.63, 3.8) is 0 Å². The van der Waals surface area contributed by atoms with Crippen molar-refractivity contribution >= 4 is 5.95 Å². The zero-order chi connectivity index (χ0) is 14.7. The Morgan fingerprint density at radius 1 is 1.14 bits per heavy atom. The van der Waals surface area contributed by atoms with E-state index < -0.39 is 0 Å². The minimum absolute atomic E-state index is 0.0609. The third-order valence-corrected chi connectivity index (χ3v) is 2.80. The Morgan fingerprint density at radius 2 is 1.95 bits per heavy atom. The quantitative estimate of drug-likeness (QED) is 0.766. The average molecular weight is 283 g/mol. The number of rotatable bonds is 4. The Hall–Kier alpha value is -3.03. The predicted molar refractivity (Wildman–Crippen MR) is 74.6 cm³/mol. The number of nitrogens with zero attached hydrogens (tertiary/aromatic N) is 6. The molecule has 0 radical (unpaired) electrons. The number of hydrogen-bond donors (Lipinski definition) is 1. The van der Waals surface area contributed by atoms with E-state index in [4.69, 9.17) is 10.5 Å². The van der Waals surface area contributed by atoms with E-state index in [0.717, 1.165) is 5.56 Å². The summed E-state index contributed by atoms with van der Waals surface area (Å²) in [6.07, 6.45) is 2.64. The minimum Gasteiger partial charge on any atom is -0.455 e. The van der Waals surface area contributed by atoms with E-state index in [1.54, 1.807) is 0 Å². The molecule has 3 aromatic rings. The molecule has 2 aromatic heterocycles. The molecule has 2 N–H and O–H groups in total. The molecule has 0 bridgehead atoms. The molecule has 8 heteroatoms. The molecule has 1 aromatic carbocycles. The summed E-state index contributed by atoms with van der Waals surface area (Å²) in [4.78, 5) is 16.0. The van der Waals surface area contributed by atoms with Gasteiger partial charge in [-0.2, -0.15) is 24.7 Å². The van der Waals surface area contributed by atoms with Crippen molar-refractivity contribution in [2.24, 2.45) is 0 Å².